The number of ether oxygens (including phenoxy) is 1. The molecule has 0 saturated carbocycles. The summed E-state index contributed by atoms with van der Waals surface area (Å²) in [4.78, 5) is 13.8. The van der Waals surface area contributed by atoms with Crippen LogP contribution in [0.15, 0.2) is 23.8 Å². The van der Waals surface area contributed by atoms with Crippen molar-refractivity contribution in [3.05, 3.63) is 23.8 Å². The minimum atomic E-state index is -0.144. The minimum absolute atomic E-state index is 0.144. The number of carbonyl (C=O) groups excluding carboxylic acids is 1. The molecule has 4 heteroatoms. The zero-order valence-corrected chi connectivity index (χ0v) is 9.89. The molecule has 1 amide bonds. The molecular formula is C13H18N2O2. The Labute approximate surface area is 101 Å². The van der Waals surface area contributed by atoms with Crippen molar-refractivity contribution in [2.24, 2.45) is 0 Å². The molecule has 92 valence electrons. The van der Waals surface area contributed by atoms with Crippen LogP contribution in [0.3, 0.4) is 0 Å². The highest BCUT2D eigenvalue weighted by Gasteiger charge is 2.40. The highest BCUT2D eigenvalue weighted by molar-refractivity contribution is 5.69. The lowest BCUT2D eigenvalue weighted by Crippen LogP contribution is -2.46. The zero-order chi connectivity index (χ0) is 11.7. The van der Waals surface area contributed by atoms with Gasteiger partial charge in [-0.3, -0.25) is 0 Å². The monoisotopic (exact) mass is 234 g/mol. The van der Waals surface area contributed by atoms with Crippen molar-refractivity contribution in [2.45, 2.75) is 31.3 Å². The van der Waals surface area contributed by atoms with Crippen LogP contribution in [0.2, 0.25) is 0 Å². The Morgan fingerprint density at radius 3 is 3.18 bits per heavy atom. The summed E-state index contributed by atoms with van der Waals surface area (Å²) in [5, 5.41) is 3.38. The van der Waals surface area contributed by atoms with Crippen LogP contribution >= 0.6 is 0 Å². The molecule has 2 saturated heterocycles. The predicted octanol–water partition coefficient (Wildman–Crippen LogP) is 1.45. The molecule has 3 aliphatic rings. The van der Waals surface area contributed by atoms with Gasteiger partial charge >= 0.3 is 6.09 Å². The Bertz CT molecular complexity index is 376. The summed E-state index contributed by atoms with van der Waals surface area (Å²) in [5.41, 5.74) is 1.21. The number of nitrogens with one attached hydrogen (secondary N) is 1. The highest BCUT2D eigenvalue weighted by atomic mass is 16.6. The maximum atomic E-state index is 11.9. The molecule has 2 unspecified atom stereocenters. The standard InChI is InChI=1S/C13H18N2O2/c16-13(15-8-11-6-12(15)7-14-11)17-9-10-4-2-1-3-5-10/h1-2,4,11-12,14H,3,5-9H2. The number of allylic oxidation sites excluding steroid dienone is 3. The molecule has 2 fully saturated rings. The van der Waals surface area contributed by atoms with E-state index in [4.69, 9.17) is 4.74 Å². The normalized spacial score (nSPS) is 30.6. The van der Waals surface area contributed by atoms with E-state index in [1.54, 1.807) is 0 Å². The highest BCUT2D eigenvalue weighted by Crippen LogP contribution is 2.24. The average Bonchev–Trinajstić information content (AvgIpc) is 2.99. The number of fused-ring (bicyclic) bond motifs is 2. The van der Waals surface area contributed by atoms with Crippen LogP contribution in [0.1, 0.15) is 19.3 Å². The molecule has 0 radical (unpaired) electrons. The predicted molar refractivity (Wildman–Crippen MR) is 64.7 cm³/mol. The van der Waals surface area contributed by atoms with Gasteiger partial charge in [0.2, 0.25) is 0 Å². The molecule has 17 heavy (non-hydrogen) atoms. The molecule has 0 aromatic rings. The van der Waals surface area contributed by atoms with Crippen LogP contribution in [0.25, 0.3) is 0 Å². The lowest BCUT2D eigenvalue weighted by Gasteiger charge is -2.26. The van der Waals surface area contributed by atoms with Crippen molar-refractivity contribution < 1.29 is 9.53 Å². The number of hydrogen-bond donors (Lipinski definition) is 1. The Morgan fingerprint density at radius 1 is 1.59 bits per heavy atom. The van der Waals surface area contributed by atoms with Crippen molar-refractivity contribution in [1.82, 2.24) is 10.2 Å². The summed E-state index contributed by atoms with van der Waals surface area (Å²) in [7, 11) is 0. The Hall–Kier alpha value is -1.29. The molecule has 3 rings (SSSR count). The Morgan fingerprint density at radius 2 is 2.53 bits per heavy atom. The third-order valence-electron chi connectivity index (χ3n) is 3.77. The fourth-order valence-electron chi connectivity index (χ4n) is 2.79. The van der Waals surface area contributed by atoms with Gasteiger partial charge in [0.25, 0.3) is 0 Å². The van der Waals surface area contributed by atoms with Crippen LogP contribution in [0.5, 0.6) is 0 Å². The van der Waals surface area contributed by atoms with E-state index in [9.17, 15) is 4.79 Å². The lowest BCUT2D eigenvalue weighted by molar-refractivity contribution is 0.100. The second-order valence-corrected chi connectivity index (χ2v) is 4.99. The zero-order valence-electron chi connectivity index (χ0n) is 9.89. The summed E-state index contributed by atoms with van der Waals surface area (Å²) in [6, 6.07) is 0.845. The van der Waals surface area contributed by atoms with Crippen LogP contribution in [-0.4, -0.2) is 42.8 Å². The Balaban J connectivity index is 1.50. The molecular weight excluding hydrogens is 216 g/mol. The van der Waals surface area contributed by atoms with Crippen molar-refractivity contribution in [3.8, 4) is 0 Å². The number of piperazine rings is 1. The average molecular weight is 234 g/mol. The van der Waals surface area contributed by atoms with Gasteiger partial charge in [0.05, 0.1) is 0 Å². The van der Waals surface area contributed by atoms with Gasteiger partial charge in [0.1, 0.15) is 6.61 Å². The number of rotatable bonds is 2. The molecule has 0 aromatic carbocycles. The maximum Gasteiger partial charge on any atom is 0.410 e. The summed E-state index contributed by atoms with van der Waals surface area (Å²) in [6.45, 7) is 2.18. The SMILES string of the molecule is O=C(OCC1=CC=CCC1)N1CC2CC1CN2. The van der Waals surface area contributed by atoms with E-state index in [2.05, 4.69) is 17.5 Å². The van der Waals surface area contributed by atoms with Gasteiger partial charge in [0.15, 0.2) is 0 Å². The third-order valence-corrected chi connectivity index (χ3v) is 3.77. The molecule has 1 N–H and O–H groups in total. The Kier molecular flexibility index (Phi) is 2.89. The number of likely N-dealkylation sites (tertiary alicyclic amines) is 1. The lowest BCUT2D eigenvalue weighted by atomic mass is 10.1. The first kappa shape index (κ1) is 10.8. The molecule has 2 bridgehead atoms. The largest absolute Gasteiger partial charge is 0.445 e. The summed E-state index contributed by atoms with van der Waals surface area (Å²) in [6.07, 6.45) is 9.23. The van der Waals surface area contributed by atoms with Crippen LogP contribution in [-0.2, 0) is 4.74 Å². The van der Waals surface area contributed by atoms with Crippen LogP contribution in [0, 0.1) is 0 Å². The van der Waals surface area contributed by atoms with Gasteiger partial charge in [-0.2, -0.15) is 0 Å². The van der Waals surface area contributed by atoms with E-state index in [-0.39, 0.29) is 6.09 Å². The molecule has 0 spiro atoms. The first-order chi connectivity index (χ1) is 8.33. The smallest absolute Gasteiger partial charge is 0.410 e. The van der Waals surface area contributed by atoms with Crippen LogP contribution < -0.4 is 5.32 Å². The van der Waals surface area contributed by atoms with Gasteiger partial charge in [-0.25, -0.2) is 4.79 Å². The summed E-state index contributed by atoms with van der Waals surface area (Å²) in [5.74, 6) is 0. The van der Waals surface area contributed by atoms with E-state index in [1.807, 2.05) is 11.0 Å². The van der Waals surface area contributed by atoms with Gasteiger partial charge in [-0.05, 0) is 24.8 Å². The fraction of sp³-hybridized carbons (Fsp3) is 0.615. The van der Waals surface area contributed by atoms with E-state index >= 15 is 0 Å². The number of amides is 1. The minimum Gasteiger partial charge on any atom is -0.445 e. The molecule has 1 aliphatic carbocycles. The van der Waals surface area contributed by atoms with Crippen molar-refractivity contribution in [1.29, 1.82) is 0 Å². The van der Waals surface area contributed by atoms with Gasteiger partial charge in [-0.1, -0.05) is 18.2 Å². The van der Waals surface area contributed by atoms with Crippen molar-refractivity contribution >= 4 is 6.09 Å². The molecule has 2 heterocycles. The third kappa shape index (κ3) is 2.22. The van der Waals surface area contributed by atoms with E-state index < -0.39 is 0 Å². The summed E-state index contributed by atoms with van der Waals surface area (Å²) < 4.78 is 5.38. The first-order valence-corrected chi connectivity index (χ1v) is 6.34. The van der Waals surface area contributed by atoms with E-state index in [0.717, 1.165) is 32.4 Å². The molecule has 2 atom stereocenters. The van der Waals surface area contributed by atoms with Gasteiger partial charge in [-0.15, -0.1) is 0 Å². The number of carbonyl (C=O) groups is 1. The van der Waals surface area contributed by atoms with Gasteiger partial charge in [0, 0.05) is 25.2 Å². The fourth-order valence-corrected chi connectivity index (χ4v) is 2.79. The van der Waals surface area contributed by atoms with E-state index in [1.165, 1.54) is 5.57 Å². The van der Waals surface area contributed by atoms with Crippen molar-refractivity contribution in [3.63, 3.8) is 0 Å². The number of hydrogen-bond acceptors (Lipinski definition) is 3. The van der Waals surface area contributed by atoms with Gasteiger partial charge < -0.3 is 15.0 Å². The van der Waals surface area contributed by atoms with E-state index in [0.29, 0.717) is 18.7 Å². The second-order valence-electron chi connectivity index (χ2n) is 4.99. The topological polar surface area (TPSA) is 41.6 Å². The van der Waals surface area contributed by atoms with Crippen LogP contribution in [0.4, 0.5) is 4.79 Å². The maximum absolute atomic E-state index is 11.9. The molecule has 4 nitrogen and oxygen atoms in total. The van der Waals surface area contributed by atoms with Crippen molar-refractivity contribution in [2.75, 3.05) is 19.7 Å². The summed E-state index contributed by atoms with van der Waals surface area (Å²) >= 11 is 0. The molecule has 0 aromatic heterocycles. The molecule has 2 aliphatic heterocycles. The number of nitrogens with zero attached hydrogens (tertiary/aromatic N) is 1. The first-order valence-electron chi connectivity index (χ1n) is 6.34. The second kappa shape index (κ2) is 4.53. The quantitative estimate of drug-likeness (QED) is 0.786.